The number of hydrogen-bond acceptors (Lipinski definition) is 4. The predicted molar refractivity (Wildman–Crippen MR) is 75.6 cm³/mol. The first-order valence-electron chi connectivity index (χ1n) is 6.27. The van der Waals surface area contributed by atoms with Crippen LogP contribution in [0.4, 0.5) is 5.82 Å². The molecule has 0 aliphatic carbocycles. The minimum Gasteiger partial charge on any atom is -0.383 e. The van der Waals surface area contributed by atoms with E-state index in [0.717, 1.165) is 34.6 Å². The third kappa shape index (κ3) is 2.13. The molecule has 3 aromatic rings. The number of ether oxygens (including phenoxy) is 1. The lowest BCUT2D eigenvalue weighted by molar-refractivity contribution is 0.210. The normalized spacial score (nSPS) is 11.3. The van der Waals surface area contributed by atoms with E-state index in [4.69, 9.17) is 4.74 Å². The fourth-order valence-electron chi connectivity index (χ4n) is 2.18. The van der Waals surface area contributed by atoms with Crippen molar-refractivity contribution < 1.29 is 4.74 Å². The third-order valence-corrected chi connectivity index (χ3v) is 3.03. The fraction of sp³-hybridized carbons (Fsp3) is 0.286. The van der Waals surface area contributed by atoms with Gasteiger partial charge in [-0.2, -0.15) is 5.10 Å². The lowest BCUT2D eigenvalue weighted by Crippen LogP contribution is -2.10. The molecule has 1 aromatic carbocycles. The number of anilines is 1. The summed E-state index contributed by atoms with van der Waals surface area (Å²) in [4.78, 5) is 4.63. The van der Waals surface area contributed by atoms with Crippen LogP contribution in [0.3, 0.4) is 0 Å². The second-order valence-corrected chi connectivity index (χ2v) is 4.45. The average molecular weight is 256 g/mol. The number of hydrogen-bond donors (Lipinski definition) is 1. The molecule has 5 heteroatoms. The van der Waals surface area contributed by atoms with Crippen LogP contribution in [-0.4, -0.2) is 34.9 Å². The van der Waals surface area contributed by atoms with Crippen molar-refractivity contribution in [3.8, 4) is 0 Å². The molecular weight excluding hydrogens is 240 g/mol. The van der Waals surface area contributed by atoms with Crippen molar-refractivity contribution in [2.45, 2.75) is 6.92 Å². The topological polar surface area (TPSA) is 51.5 Å². The van der Waals surface area contributed by atoms with E-state index in [-0.39, 0.29) is 0 Å². The summed E-state index contributed by atoms with van der Waals surface area (Å²) in [7, 11) is 1.69. The van der Waals surface area contributed by atoms with Crippen molar-refractivity contribution in [1.29, 1.82) is 0 Å². The third-order valence-electron chi connectivity index (χ3n) is 3.03. The summed E-state index contributed by atoms with van der Waals surface area (Å²) >= 11 is 0. The molecule has 3 rings (SSSR count). The lowest BCUT2D eigenvalue weighted by atomic mass is 10.2. The molecule has 0 amide bonds. The number of nitrogens with one attached hydrogen (secondary N) is 1. The fourth-order valence-corrected chi connectivity index (χ4v) is 2.18. The molecule has 0 bridgehead atoms. The summed E-state index contributed by atoms with van der Waals surface area (Å²) in [5.41, 5.74) is 2.88. The van der Waals surface area contributed by atoms with E-state index >= 15 is 0 Å². The molecule has 2 aromatic heterocycles. The van der Waals surface area contributed by atoms with Crippen molar-refractivity contribution in [3.05, 3.63) is 36.0 Å². The van der Waals surface area contributed by atoms with Crippen LogP contribution in [0.25, 0.3) is 16.6 Å². The van der Waals surface area contributed by atoms with E-state index in [9.17, 15) is 0 Å². The predicted octanol–water partition coefficient (Wildman–Crippen LogP) is 2.25. The maximum absolute atomic E-state index is 5.06. The SMILES string of the molecule is COCCNc1nc2cc(C)nn2c2ccccc12. The monoisotopic (exact) mass is 256 g/mol. The summed E-state index contributed by atoms with van der Waals surface area (Å²) in [5, 5.41) is 8.86. The Labute approximate surface area is 111 Å². The molecule has 98 valence electrons. The van der Waals surface area contributed by atoms with E-state index < -0.39 is 0 Å². The number of aryl methyl sites for hydroxylation is 1. The standard InChI is InChI=1S/C14H16N4O/c1-10-9-13-16-14(15-7-8-19-2)11-5-3-4-6-12(11)18(13)17-10/h3-6,9H,7-8H2,1-2H3,(H,15,16). The van der Waals surface area contributed by atoms with Crippen LogP contribution in [0.2, 0.25) is 0 Å². The van der Waals surface area contributed by atoms with Gasteiger partial charge in [-0.3, -0.25) is 0 Å². The van der Waals surface area contributed by atoms with Crippen molar-refractivity contribution in [2.24, 2.45) is 0 Å². The Hall–Kier alpha value is -2.14. The van der Waals surface area contributed by atoms with Gasteiger partial charge in [0, 0.05) is 25.1 Å². The minimum absolute atomic E-state index is 0.652. The van der Waals surface area contributed by atoms with E-state index in [2.05, 4.69) is 21.5 Å². The summed E-state index contributed by atoms with van der Waals surface area (Å²) in [6.07, 6.45) is 0. The number of rotatable bonds is 4. The maximum atomic E-state index is 5.06. The van der Waals surface area contributed by atoms with Crippen LogP contribution in [0.1, 0.15) is 5.69 Å². The molecule has 5 nitrogen and oxygen atoms in total. The Bertz CT molecular complexity index is 720. The number of nitrogens with zero attached hydrogens (tertiary/aromatic N) is 3. The second-order valence-electron chi connectivity index (χ2n) is 4.45. The average Bonchev–Trinajstić information content (AvgIpc) is 2.80. The second kappa shape index (κ2) is 4.85. The molecule has 0 aliphatic heterocycles. The molecule has 2 heterocycles. The van der Waals surface area contributed by atoms with Crippen LogP contribution in [0.5, 0.6) is 0 Å². The maximum Gasteiger partial charge on any atom is 0.158 e. The molecule has 0 unspecified atom stereocenters. The van der Waals surface area contributed by atoms with Gasteiger partial charge >= 0.3 is 0 Å². The first-order valence-corrected chi connectivity index (χ1v) is 6.27. The lowest BCUT2D eigenvalue weighted by Gasteiger charge is -2.09. The molecule has 0 radical (unpaired) electrons. The summed E-state index contributed by atoms with van der Waals surface area (Å²) in [6, 6.07) is 10.1. The molecule has 0 aliphatic rings. The van der Waals surface area contributed by atoms with Crippen LogP contribution >= 0.6 is 0 Å². The Morgan fingerprint density at radius 1 is 1.32 bits per heavy atom. The summed E-state index contributed by atoms with van der Waals surface area (Å²) in [5.74, 6) is 0.875. The molecule has 0 atom stereocenters. The number of aromatic nitrogens is 3. The summed E-state index contributed by atoms with van der Waals surface area (Å²) in [6.45, 7) is 3.36. The van der Waals surface area contributed by atoms with Gasteiger partial charge < -0.3 is 10.1 Å². The van der Waals surface area contributed by atoms with Gasteiger partial charge in [-0.15, -0.1) is 0 Å². The smallest absolute Gasteiger partial charge is 0.158 e. The zero-order chi connectivity index (χ0) is 13.2. The van der Waals surface area contributed by atoms with Gasteiger partial charge in [0.1, 0.15) is 5.82 Å². The Morgan fingerprint density at radius 2 is 2.16 bits per heavy atom. The molecule has 0 spiro atoms. The van der Waals surface area contributed by atoms with Crippen molar-refractivity contribution in [2.75, 3.05) is 25.6 Å². The highest BCUT2D eigenvalue weighted by Crippen LogP contribution is 2.23. The van der Waals surface area contributed by atoms with Crippen molar-refractivity contribution >= 4 is 22.4 Å². The number of fused-ring (bicyclic) bond motifs is 3. The highest BCUT2D eigenvalue weighted by atomic mass is 16.5. The first-order chi connectivity index (χ1) is 9.29. The number of benzene rings is 1. The molecule has 19 heavy (non-hydrogen) atoms. The largest absolute Gasteiger partial charge is 0.383 e. The van der Waals surface area contributed by atoms with Gasteiger partial charge in [-0.1, -0.05) is 12.1 Å². The summed E-state index contributed by atoms with van der Waals surface area (Å²) < 4.78 is 6.94. The van der Waals surface area contributed by atoms with Crippen LogP contribution < -0.4 is 5.32 Å². The van der Waals surface area contributed by atoms with Crippen LogP contribution in [-0.2, 0) is 4.74 Å². The van der Waals surface area contributed by atoms with E-state index in [1.165, 1.54) is 0 Å². The Kier molecular flexibility index (Phi) is 3.05. The van der Waals surface area contributed by atoms with Gasteiger partial charge in [0.05, 0.1) is 17.8 Å². The molecule has 1 N–H and O–H groups in total. The van der Waals surface area contributed by atoms with E-state index in [1.54, 1.807) is 7.11 Å². The zero-order valence-corrected chi connectivity index (χ0v) is 11.1. The highest BCUT2D eigenvalue weighted by Gasteiger charge is 2.09. The minimum atomic E-state index is 0.652. The quantitative estimate of drug-likeness (QED) is 0.727. The zero-order valence-electron chi connectivity index (χ0n) is 11.1. The molecule has 0 saturated carbocycles. The molecular formula is C14H16N4O. The Balaban J connectivity index is 2.17. The van der Waals surface area contributed by atoms with Gasteiger partial charge in [0.15, 0.2) is 5.65 Å². The van der Waals surface area contributed by atoms with Crippen molar-refractivity contribution in [1.82, 2.24) is 14.6 Å². The molecule has 0 fully saturated rings. The van der Waals surface area contributed by atoms with E-state index in [1.807, 2.05) is 35.7 Å². The van der Waals surface area contributed by atoms with E-state index in [0.29, 0.717) is 6.61 Å². The molecule has 0 saturated heterocycles. The van der Waals surface area contributed by atoms with Crippen LogP contribution in [0.15, 0.2) is 30.3 Å². The van der Waals surface area contributed by atoms with Gasteiger partial charge in [0.2, 0.25) is 0 Å². The van der Waals surface area contributed by atoms with Gasteiger partial charge in [-0.25, -0.2) is 9.50 Å². The highest BCUT2D eigenvalue weighted by molar-refractivity contribution is 5.91. The Morgan fingerprint density at radius 3 is 3.00 bits per heavy atom. The number of methoxy groups -OCH3 is 1. The van der Waals surface area contributed by atoms with Crippen LogP contribution in [0, 0.1) is 6.92 Å². The number of para-hydroxylation sites is 1. The van der Waals surface area contributed by atoms with Gasteiger partial charge in [0.25, 0.3) is 0 Å². The first kappa shape index (κ1) is 11.9. The van der Waals surface area contributed by atoms with Gasteiger partial charge in [-0.05, 0) is 19.1 Å². The van der Waals surface area contributed by atoms with Crippen molar-refractivity contribution in [3.63, 3.8) is 0 Å².